The van der Waals surface area contributed by atoms with Gasteiger partial charge in [-0.15, -0.1) is 0 Å². The van der Waals surface area contributed by atoms with E-state index < -0.39 is 6.04 Å². The number of hydrogen-bond donors (Lipinski definition) is 2. The molecule has 116 valence electrons. The minimum Gasteiger partial charge on any atom is -0.345 e. The van der Waals surface area contributed by atoms with Crippen molar-refractivity contribution < 1.29 is 9.59 Å². The minimum atomic E-state index is -0.603. The lowest BCUT2D eigenvalue weighted by molar-refractivity contribution is -0.117. The summed E-state index contributed by atoms with van der Waals surface area (Å²) in [6.07, 6.45) is 0.583. The van der Waals surface area contributed by atoms with E-state index in [4.69, 9.17) is 17.3 Å². The quantitative estimate of drug-likeness (QED) is 0.876. The van der Waals surface area contributed by atoms with E-state index in [2.05, 4.69) is 5.32 Å². The molecule has 5 nitrogen and oxygen atoms in total. The molecule has 0 radical (unpaired) electrons. The van der Waals surface area contributed by atoms with Crippen molar-refractivity contribution in [2.24, 2.45) is 11.7 Å². The lowest BCUT2D eigenvalue weighted by atomic mass is 10.0. The van der Waals surface area contributed by atoms with E-state index in [1.807, 2.05) is 13.8 Å². The molecular weight excluding hydrogens is 290 g/mol. The normalized spacial score (nSPS) is 12.1. The van der Waals surface area contributed by atoms with Gasteiger partial charge in [0.1, 0.15) is 0 Å². The Kier molecular flexibility index (Phi) is 6.18. The van der Waals surface area contributed by atoms with E-state index in [-0.39, 0.29) is 11.8 Å². The molecule has 3 N–H and O–H groups in total. The summed E-state index contributed by atoms with van der Waals surface area (Å²) in [6, 6.07) is 4.16. The summed E-state index contributed by atoms with van der Waals surface area (Å²) in [5, 5.41) is 3.05. The predicted molar refractivity (Wildman–Crippen MR) is 85.5 cm³/mol. The van der Waals surface area contributed by atoms with E-state index >= 15 is 0 Å². The molecule has 0 aliphatic rings. The van der Waals surface area contributed by atoms with Crippen molar-refractivity contribution in [2.75, 3.05) is 19.4 Å². The van der Waals surface area contributed by atoms with Crippen LogP contribution >= 0.6 is 11.6 Å². The fraction of sp³-hybridized carbons (Fsp3) is 0.467. The van der Waals surface area contributed by atoms with E-state index in [0.717, 1.165) is 0 Å². The highest BCUT2D eigenvalue weighted by Gasteiger charge is 2.17. The van der Waals surface area contributed by atoms with Gasteiger partial charge in [0.2, 0.25) is 5.91 Å². The molecule has 0 bridgehead atoms. The van der Waals surface area contributed by atoms with Crippen LogP contribution < -0.4 is 11.1 Å². The van der Waals surface area contributed by atoms with Gasteiger partial charge >= 0.3 is 0 Å². The zero-order chi connectivity index (χ0) is 16.2. The SMILES string of the molecule is CC(C)C[C@H](N)C(=O)Nc1cc(C(=O)N(C)C)ccc1Cl. The Morgan fingerprint density at radius 1 is 1.33 bits per heavy atom. The molecule has 0 aromatic heterocycles. The minimum absolute atomic E-state index is 0.159. The number of nitrogens with one attached hydrogen (secondary N) is 1. The van der Waals surface area contributed by atoms with Gasteiger partial charge in [0.15, 0.2) is 0 Å². The van der Waals surface area contributed by atoms with Crippen LogP contribution in [-0.2, 0) is 4.79 Å². The first kappa shape index (κ1) is 17.5. The highest BCUT2D eigenvalue weighted by Crippen LogP contribution is 2.24. The Balaban J connectivity index is 2.90. The first-order chi connectivity index (χ1) is 9.72. The fourth-order valence-electron chi connectivity index (χ4n) is 1.85. The average Bonchev–Trinajstić information content (AvgIpc) is 2.39. The Bertz CT molecular complexity index is 530. The molecule has 1 atom stereocenters. The third-order valence-corrected chi connectivity index (χ3v) is 3.27. The van der Waals surface area contributed by atoms with Gasteiger partial charge in [-0.25, -0.2) is 0 Å². The van der Waals surface area contributed by atoms with Gasteiger partial charge < -0.3 is 16.0 Å². The standard InChI is InChI=1S/C15H22ClN3O2/c1-9(2)7-12(17)14(20)18-13-8-10(5-6-11(13)16)15(21)19(3)4/h5-6,8-9,12H,7,17H2,1-4H3,(H,18,20)/t12-/m0/s1. The van der Waals surface area contributed by atoms with Gasteiger partial charge in [0.25, 0.3) is 5.91 Å². The molecule has 2 amide bonds. The molecule has 0 saturated carbocycles. The summed E-state index contributed by atoms with van der Waals surface area (Å²) in [4.78, 5) is 25.4. The third kappa shape index (κ3) is 5.02. The molecule has 1 aromatic rings. The second-order valence-corrected chi connectivity index (χ2v) is 6.03. The van der Waals surface area contributed by atoms with Gasteiger partial charge in [-0.1, -0.05) is 25.4 Å². The van der Waals surface area contributed by atoms with Crippen molar-refractivity contribution in [1.29, 1.82) is 0 Å². The molecule has 6 heteroatoms. The van der Waals surface area contributed by atoms with Crippen molar-refractivity contribution in [3.05, 3.63) is 28.8 Å². The lowest BCUT2D eigenvalue weighted by Crippen LogP contribution is -2.36. The van der Waals surface area contributed by atoms with Gasteiger partial charge in [-0.2, -0.15) is 0 Å². The van der Waals surface area contributed by atoms with E-state index in [9.17, 15) is 9.59 Å². The average molecular weight is 312 g/mol. The van der Waals surface area contributed by atoms with E-state index in [1.165, 1.54) is 4.90 Å². The number of benzene rings is 1. The van der Waals surface area contributed by atoms with Crippen molar-refractivity contribution in [1.82, 2.24) is 4.90 Å². The number of nitrogens with two attached hydrogens (primary N) is 1. The maximum Gasteiger partial charge on any atom is 0.253 e. The van der Waals surface area contributed by atoms with Crippen LogP contribution in [-0.4, -0.2) is 36.9 Å². The molecule has 0 aliphatic heterocycles. The number of nitrogens with zero attached hydrogens (tertiary/aromatic N) is 1. The molecule has 21 heavy (non-hydrogen) atoms. The van der Waals surface area contributed by atoms with Crippen LogP contribution in [0.4, 0.5) is 5.69 Å². The van der Waals surface area contributed by atoms with Gasteiger partial charge in [0, 0.05) is 19.7 Å². The Morgan fingerprint density at radius 2 is 1.95 bits per heavy atom. The van der Waals surface area contributed by atoms with Crippen LogP contribution in [0.3, 0.4) is 0 Å². The maximum atomic E-state index is 12.0. The summed E-state index contributed by atoms with van der Waals surface area (Å²) in [6.45, 7) is 3.99. The largest absolute Gasteiger partial charge is 0.345 e. The van der Waals surface area contributed by atoms with Crippen LogP contribution in [0.25, 0.3) is 0 Å². The zero-order valence-corrected chi connectivity index (χ0v) is 13.6. The van der Waals surface area contributed by atoms with Crippen LogP contribution in [0.2, 0.25) is 5.02 Å². The summed E-state index contributed by atoms with van der Waals surface area (Å²) < 4.78 is 0. The van der Waals surface area contributed by atoms with Crippen molar-refractivity contribution in [2.45, 2.75) is 26.3 Å². The van der Waals surface area contributed by atoms with Crippen LogP contribution in [0, 0.1) is 5.92 Å². The topological polar surface area (TPSA) is 75.4 Å². The number of hydrogen-bond acceptors (Lipinski definition) is 3. The monoisotopic (exact) mass is 311 g/mol. The highest BCUT2D eigenvalue weighted by atomic mass is 35.5. The van der Waals surface area contributed by atoms with Crippen LogP contribution in [0.5, 0.6) is 0 Å². The summed E-state index contributed by atoms with van der Waals surface area (Å²) in [7, 11) is 3.32. The summed E-state index contributed by atoms with van der Waals surface area (Å²) in [5.74, 6) is -0.142. The summed E-state index contributed by atoms with van der Waals surface area (Å²) >= 11 is 6.05. The number of carbonyl (C=O) groups is 2. The van der Waals surface area contributed by atoms with Gasteiger partial charge in [-0.05, 0) is 30.5 Å². The molecular formula is C15H22ClN3O2. The van der Waals surface area contributed by atoms with Crippen molar-refractivity contribution >= 4 is 29.1 Å². The van der Waals surface area contributed by atoms with Gasteiger partial charge in [0.05, 0.1) is 16.8 Å². The van der Waals surface area contributed by atoms with Crippen molar-refractivity contribution in [3.8, 4) is 0 Å². The third-order valence-electron chi connectivity index (χ3n) is 2.94. The second kappa shape index (κ2) is 7.43. The Morgan fingerprint density at radius 3 is 2.48 bits per heavy atom. The smallest absolute Gasteiger partial charge is 0.253 e. The Labute approximate surface area is 130 Å². The number of carbonyl (C=O) groups excluding carboxylic acids is 2. The molecule has 1 rings (SSSR count). The highest BCUT2D eigenvalue weighted by molar-refractivity contribution is 6.34. The van der Waals surface area contributed by atoms with E-state index in [1.54, 1.807) is 32.3 Å². The first-order valence-corrected chi connectivity index (χ1v) is 7.17. The molecule has 0 unspecified atom stereocenters. The molecule has 0 fully saturated rings. The number of rotatable bonds is 5. The Hall–Kier alpha value is -1.59. The number of anilines is 1. The molecule has 0 saturated heterocycles. The number of halogens is 1. The first-order valence-electron chi connectivity index (χ1n) is 6.80. The second-order valence-electron chi connectivity index (χ2n) is 5.62. The molecule has 0 heterocycles. The fourth-order valence-corrected chi connectivity index (χ4v) is 2.02. The predicted octanol–water partition coefficient (Wildman–Crippen LogP) is 2.35. The van der Waals surface area contributed by atoms with Crippen LogP contribution in [0.1, 0.15) is 30.6 Å². The van der Waals surface area contributed by atoms with Gasteiger partial charge in [-0.3, -0.25) is 9.59 Å². The molecule has 0 aliphatic carbocycles. The number of amides is 2. The van der Waals surface area contributed by atoms with E-state index in [0.29, 0.717) is 28.6 Å². The zero-order valence-electron chi connectivity index (χ0n) is 12.8. The molecule has 0 spiro atoms. The van der Waals surface area contributed by atoms with Crippen LogP contribution in [0.15, 0.2) is 18.2 Å². The maximum absolute atomic E-state index is 12.0. The lowest BCUT2D eigenvalue weighted by Gasteiger charge is -2.16. The summed E-state index contributed by atoms with van der Waals surface area (Å²) in [5.41, 5.74) is 6.68. The van der Waals surface area contributed by atoms with Crippen molar-refractivity contribution in [3.63, 3.8) is 0 Å². The molecule has 1 aromatic carbocycles.